The Morgan fingerprint density at radius 1 is 0.879 bits per heavy atom. The minimum Gasteiger partial charge on any atom is -0.330 e. The second-order valence-electron chi connectivity index (χ2n) is 8.00. The summed E-state index contributed by atoms with van der Waals surface area (Å²) in [6, 6.07) is 20.8. The SMILES string of the molecule is CCCCc1nc(-c2ccncc2)cn1Cc1ccc(-c2ccccc2-c2nnn[nH]2)cc1. The molecule has 33 heavy (non-hydrogen) atoms. The van der Waals surface area contributed by atoms with E-state index < -0.39 is 0 Å². The molecule has 5 rings (SSSR count). The standard InChI is InChI=1S/C26H25N7/c1-2-3-8-25-28-24(21-13-15-27-16-14-21)18-33(25)17-19-9-11-20(12-10-19)22-6-4-5-7-23(22)26-29-31-32-30-26/h4-7,9-16,18H,2-3,8,17H2,1H3,(H,29,30,31,32). The number of benzene rings is 2. The van der Waals surface area contributed by atoms with Gasteiger partial charge in [-0.15, -0.1) is 5.10 Å². The molecule has 0 bridgehead atoms. The van der Waals surface area contributed by atoms with Gasteiger partial charge in [0.25, 0.3) is 0 Å². The summed E-state index contributed by atoms with van der Waals surface area (Å²) < 4.78 is 2.27. The van der Waals surface area contributed by atoms with Crippen LogP contribution in [0.25, 0.3) is 33.8 Å². The molecule has 0 amide bonds. The number of unbranched alkanes of at least 4 members (excludes halogenated alkanes) is 1. The molecule has 7 nitrogen and oxygen atoms in total. The molecular formula is C26H25N7. The molecule has 0 saturated heterocycles. The molecule has 1 N–H and O–H groups in total. The van der Waals surface area contributed by atoms with Crippen LogP contribution in [0.4, 0.5) is 0 Å². The van der Waals surface area contributed by atoms with Crippen LogP contribution in [-0.2, 0) is 13.0 Å². The number of aromatic nitrogens is 7. The van der Waals surface area contributed by atoms with Gasteiger partial charge >= 0.3 is 0 Å². The highest BCUT2D eigenvalue weighted by Crippen LogP contribution is 2.30. The van der Waals surface area contributed by atoms with E-state index in [0.717, 1.165) is 59.6 Å². The zero-order chi connectivity index (χ0) is 22.5. The lowest BCUT2D eigenvalue weighted by Gasteiger charge is -2.10. The van der Waals surface area contributed by atoms with E-state index in [2.05, 4.69) is 73.6 Å². The number of nitrogens with one attached hydrogen (secondary N) is 1. The number of pyridine rings is 1. The fourth-order valence-corrected chi connectivity index (χ4v) is 3.99. The lowest BCUT2D eigenvalue weighted by Crippen LogP contribution is -2.04. The predicted molar refractivity (Wildman–Crippen MR) is 128 cm³/mol. The molecule has 7 heteroatoms. The molecule has 164 valence electrons. The lowest BCUT2D eigenvalue weighted by atomic mass is 9.98. The molecule has 3 heterocycles. The first kappa shape index (κ1) is 20.8. The van der Waals surface area contributed by atoms with Crippen LogP contribution in [0.2, 0.25) is 0 Å². The molecule has 0 unspecified atom stereocenters. The number of aryl methyl sites for hydroxylation is 1. The van der Waals surface area contributed by atoms with E-state index in [-0.39, 0.29) is 0 Å². The smallest absolute Gasteiger partial charge is 0.180 e. The van der Waals surface area contributed by atoms with Crippen molar-refractivity contribution in [2.45, 2.75) is 32.7 Å². The number of rotatable bonds is 8. The molecule has 0 saturated carbocycles. The summed E-state index contributed by atoms with van der Waals surface area (Å²) >= 11 is 0. The predicted octanol–water partition coefficient (Wildman–Crippen LogP) is 5.18. The highest BCUT2D eigenvalue weighted by atomic mass is 15.5. The summed E-state index contributed by atoms with van der Waals surface area (Å²) in [7, 11) is 0. The quantitative estimate of drug-likeness (QED) is 0.363. The molecule has 0 spiro atoms. The van der Waals surface area contributed by atoms with Gasteiger partial charge in [-0.1, -0.05) is 61.9 Å². The van der Waals surface area contributed by atoms with E-state index in [1.807, 2.05) is 42.7 Å². The van der Waals surface area contributed by atoms with E-state index in [1.54, 1.807) is 0 Å². The Morgan fingerprint density at radius 2 is 1.67 bits per heavy atom. The normalized spacial score (nSPS) is 11.1. The Kier molecular flexibility index (Phi) is 6.01. The summed E-state index contributed by atoms with van der Waals surface area (Å²) in [5, 5.41) is 14.4. The lowest BCUT2D eigenvalue weighted by molar-refractivity contribution is 0.678. The van der Waals surface area contributed by atoms with Crippen molar-refractivity contribution in [1.82, 2.24) is 35.2 Å². The maximum Gasteiger partial charge on any atom is 0.180 e. The van der Waals surface area contributed by atoms with Crippen LogP contribution in [0.3, 0.4) is 0 Å². The highest BCUT2D eigenvalue weighted by Gasteiger charge is 2.12. The van der Waals surface area contributed by atoms with Crippen molar-refractivity contribution in [1.29, 1.82) is 0 Å². The average molecular weight is 436 g/mol. The van der Waals surface area contributed by atoms with Crippen LogP contribution in [0.15, 0.2) is 79.3 Å². The van der Waals surface area contributed by atoms with Crippen LogP contribution >= 0.6 is 0 Å². The van der Waals surface area contributed by atoms with Crippen LogP contribution in [0.1, 0.15) is 31.2 Å². The first-order chi connectivity index (χ1) is 16.3. The maximum absolute atomic E-state index is 4.93. The largest absolute Gasteiger partial charge is 0.330 e. The van der Waals surface area contributed by atoms with Gasteiger partial charge in [0.05, 0.1) is 5.69 Å². The molecule has 0 radical (unpaired) electrons. The van der Waals surface area contributed by atoms with Gasteiger partial charge in [-0.3, -0.25) is 4.98 Å². The van der Waals surface area contributed by atoms with Gasteiger partial charge in [0, 0.05) is 42.7 Å². The number of hydrogen-bond acceptors (Lipinski definition) is 5. The second kappa shape index (κ2) is 9.56. The average Bonchev–Trinajstić information content (AvgIpc) is 3.54. The molecular weight excluding hydrogens is 410 g/mol. The fraction of sp³-hybridized carbons (Fsp3) is 0.192. The summed E-state index contributed by atoms with van der Waals surface area (Å²) in [5.74, 6) is 1.79. The van der Waals surface area contributed by atoms with Gasteiger partial charge < -0.3 is 4.57 Å². The van der Waals surface area contributed by atoms with Crippen LogP contribution in [-0.4, -0.2) is 35.2 Å². The Bertz CT molecular complexity index is 1310. The number of hydrogen-bond donors (Lipinski definition) is 1. The van der Waals surface area contributed by atoms with Crippen molar-refractivity contribution < 1.29 is 0 Å². The zero-order valence-electron chi connectivity index (χ0n) is 18.5. The molecule has 0 atom stereocenters. The van der Waals surface area contributed by atoms with Crippen molar-refractivity contribution in [2.24, 2.45) is 0 Å². The van der Waals surface area contributed by atoms with Crippen molar-refractivity contribution in [3.05, 3.63) is 90.6 Å². The maximum atomic E-state index is 4.93. The van der Waals surface area contributed by atoms with Crippen molar-refractivity contribution in [3.63, 3.8) is 0 Å². The third-order valence-corrected chi connectivity index (χ3v) is 5.73. The third kappa shape index (κ3) is 4.57. The highest BCUT2D eigenvalue weighted by molar-refractivity contribution is 5.80. The topological polar surface area (TPSA) is 85.2 Å². The van der Waals surface area contributed by atoms with Gasteiger partial charge in [-0.05, 0) is 45.7 Å². The summed E-state index contributed by atoms with van der Waals surface area (Å²) in [6.07, 6.45) is 9.01. The van der Waals surface area contributed by atoms with Gasteiger partial charge in [0.15, 0.2) is 5.82 Å². The third-order valence-electron chi connectivity index (χ3n) is 5.73. The van der Waals surface area contributed by atoms with Crippen molar-refractivity contribution in [3.8, 4) is 33.8 Å². The molecule has 5 aromatic rings. The van der Waals surface area contributed by atoms with Gasteiger partial charge in [0.1, 0.15) is 5.82 Å². The minimum absolute atomic E-state index is 0.664. The zero-order valence-corrected chi connectivity index (χ0v) is 18.5. The first-order valence-corrected chi connectivity index (χ1v) is 11.2. The molecule has 0 aliphatic rings. The van der Waals surface area contributed by atoms with Crippen molar-refractivity contribution >= 4 is 0 Å². The summed E-state index contributed by atoms with van der Waals surface area (Å²) in [4.78, 5) is 9.06. The Balaban J connectivity index is 1.42. The van der Waals surface area contributed by atoms with Crippen LogP contribution < -0.4 is 0 Å². The Morgan fingerprint density at radius 3 is 2.39 bits per heavy atom. The van der Waals surface area contributed by atoms with Gasteiger partial charge in [0.2, 0.25) is 0 Å². The van der Waals surface area contributed by atoms with Crippen LogP contribution in [0.5, 0.6) is 0 Å². The summed E-state index contributed by atoms with van der Waals surface area (Å²) in [6.45, 7) is 2.99. The summed E-state index contributed by atoms with van der Waals surface area (Å²) in [5.41, 5.74) is 6.52. The Labute approximate surface area is 192 Å². The first-order valence-electron chi connectivity index (χ1n) is 11.2. The van der Waals surface area contributed by atoms with E-state index in [9.17, 15) is 0 Å². The molecule has 0 aliphatic carbocycles. The molecule has 0 aliphatic heterocycles. The molecule has 0 fully saturated rings. The van der Waals surface area contributed by atoms with E-state index >= 15 is 0 Å². The fourth-order valence-electron chi connectivity index (χ4n) is 3.99. The monoisotopic (exact) mass is 435 g/mol. The van der Waals surface area contributed by atoms with Gasteiger partial charge in [-0.2, -0.15) is 0 Å². The van der Waals surface area contributed by atoms with Crippen molar-refractivity contribution in [2.75, 3.05) is 0 Å². The number of nitrogens with zero attached hydrogens (tertiary/aromatic N) is 6. The van der Waals surface area contributed by atoms with Gasteiger partial charge in [-0.25, -0.2) is 10.1 Å². The number of aromatic amines is 1. The van der Waals surface area contributed by atoms with E-state index in [4.69, 9.17) is 4.98 Å². The minimum atomic E-state index is 0.664. The second-order valence-corrected chi connectivity index (χ2v) is 8.00. The molecule has 2 aromatic carbocycles. The van der Waals surface area contributed by atoms with E-state index in [0.29, 0.717) is 5.82 Å². The van der Waals surface area contributed by atoms with E-state index in [1.165, 1.54) is 5.56 Å². The van der Waals surface area contributed by atoms with Crippen LogP contribution in [0, 0.1) is 0 Å². The molecule has 3 aromatic heterocycles. The number of H-pyrrole nitrogens is 1. The Hall–Kier alpha value is -4.13. The number of imidazole rings is 1. The number of tetrazole rings is 1.